The lowest BCUT2D eigenvalue weighted by molar-refractivity contribution is 0.179. The molecular formula is C11H15BrN2O. The zero-order chi connectivity index (χ0) is 11.3. The van der Waals surface area contributed by atoms with Crippen LogP contribution in [0.1, 0.15) is 19.7 Å². The summed E-state index contributed by atoms with van der Waals surface area (Å²) in [6.07, 6.45) is 0. The Kier molecular flexibility index (Phi) is 4.78. The minimum Gasteiger partial charge on any atom is -0.377 e. The first-order chi connectivity index (χ1) is 7.29. The Morgan fingerprint density at radius 3 is 2.80 bits per heavy atom. The molecule has 1 aromatic heterocycles. The average molecular weight is 271 g/mol. The van der Waals surface area contributed by atoms with Gasteiger partial charge in [0.05, 0.1) is 11.0 Å². The Labute approximate surface area is 98.0 Å². The normalized spacial score (nSPS) is 9.87. The number of hydrogen-bond acceptors (Lipinski definition) is 2. The van der Waals surface area contributed by atoms with E-state index < -0.39 is 0 Å². The fraction of sp³-hybridized carbons (Fsp3) is 0.364. The van der Waals surface area contributed by atoms with Gasteiger partial charge < -0.3 is 9.72 Å². The molecule has 4 heteroatoms. The molecule has 0 bridgehead atoms. The number of benzene rings is 1. The summed E-state index contributed by atoms with van der Waals surface area (Å²) in [5.41, 5.74) is 2.00. The van der Waals surface area contributed by atoms with Gasteiger partial charge in [-0.3, -0.25) is 0 Å². The van der Waals surface area contributed by atoms with E-state index in [0.717, 1.165) is 21.3 Å². The molecule has 0 aliphatic rings. The smallest absolute Gasteiger partial charge is 0.133 e. The first kappa shape index (κ1) is 12.2. The van der Waals surface area contributed by atoms with Crippen LogP contribution in [0.3, 0.4) is 0 Å². The lowest BCUT2D eigenvalue weighted by Crippen LogP contribution is -1.88. The maximum atomic E-state index is 4.98. The molecule has 0 amide bonds. The molecular weight excluding hydrogens is 256 g/mol. The molecule has 0 aliphatic heterocycles. The maximum absolute atomic E-state index is 4.98. The van der Waals surface area contributed by atoms with Crippen LogP contribution in [0.2, 0.25) is 0 Å². The van der Waals surface area contributed by atoms with Gasteiger partial charge in [-0.05, 0) is 18.2 Å². The summed E-state index contributed by atoms with van der Waals surface area (Å²) in [5, 5.41) is 0. The molecule has 3 nitrogen and oxygen atoms in total. The molecule has 0 radical (unpaired) electrons. The molecule has 2 aromatic rings. The molecule has 1 heterocycles. The number of methoxy groups -OCH3 is 1. The molecule has 1 aromatic carbocycles. The highest BCUT2D eigenvalue weighted by Gasteiger charge is 2.01. The molecule has 0 atom stereocenters. The van der Waals surface area contributed by atoms with Crippen LogP contribution in [-0.4, -0.2) is 17.1 Å². The van der Waals surface area contributed by atoms with Crippen LogP contribution in [-0.2, 0) is 11.3 Å². The van der Waals surface area contributed by atoms with Crippen LogP contribution in [0.15, 0.2) is 22.7 Å². The number of nitrogens with one attached hydrogen (secondary N) is 1. The van der Waals surface area contributed by atoms with Crippen molar-refractivity contribution in [2.45, 2.75) is 20.5 Å². The van der Waals surface area contributed by atoms with E-state index in [2.05, 4.69) is 25.9 Å². The fourth-order valence-corrected chi connectivity index (χ4v) is 1.60. The van der Waals surface area contributed by atoms with Crippen molar-refractivity contribution < 1.29 is 4.74 Å². The van der Waals surface area contributed by atoms with E-state index in [4.69, 9.17) is 4.74 Å². The Hall–Kier alpha value is -0.870. The molecule has 0 spiro atoms. The third-order valence-corrected chi connectivity index (χ3v) is 2.27. The van der Waals surface area contributed by atoms with Crippen LogP contribution in [0, 0.1) is 0 Å². The van der Waals surface area contributed by atoms with E-state index in [1.54, 1.807) is 7.11 Å². The number of rotatable bonds is 2. The first-order valence-corrected chi connectivity index (χ1v) is 5.72. The molecule has 0 unspecified atom stereocenters. The highest BCUT2D eigenvalue weighted by Crippen LogP contribution is 2.17. The molecule has 2 rings (SSSR count). The Balaban J connectivity index is 0.000000531. The summed E-state index contributed by atoms with van der Waals surface area (Å²) >= 11 is 3.40. The van der Waals surface area contributed by atoms with Gasteiger partial charge in [0, 0.05) is 11.6 Å². The van der Waals surface area contributed by atoms with Gasteiger partial charge in [0.2, 0.25) is 0 Å². The number of ether oxygens (including phenoxy) is 1. The van der Waals surface area contributed by atoms with Crippen molar-refractivity contribution in [3.63, 3.8) is 0 Å². The number of aromatic nitrogens is 2. The summed E-state index contributed by atoms with van der Waals surface area (Å²) in [4.78, 5) is 7.51. The van der Waals surface area contributed by atoms with Gasteiger partial charge in [0.25, 0.3) is 0 Å². The first-order valence-electron chi connectivity index (χ1n) is 4.92. The zero-order valence-electron chi connectivity index (χ0n) is 9.17. The van der Waals surface area contributed by atoms with Crippen molar-refractivity contribution in [1.29, 1.82) is 0 Å². The highest BCUT2D eigenvalue weighted by molar-refractivity contribution is 9.10. The third kappa shape index (κ3) is 3.04. The van der Waals surface area contributed by atoms with E-state index in [-0.39, 0.29) is 0 Å². The predicted molar refractivity (Wildman–Crippen MR) is 65.9 cm³/mol. The molecule has 15 heavy (non-hydrogen) atoms. The van der Waals surface area contributed by atoms with E-state index in [1.807, 2.05) is 32.0 Å². The number of aromatic amines is 1. The number of H-pyrrole nitrogens is 1. The maximum Gasteiger partial charge on any atom is 0.133 e. The predicted octanol–water partition coefficient (Wildman–Crippen LogP) is 3.50. The third-order valence-electron chi connectivity index (χ3n) is 1.77. The topological polar surface area (TPSA) is 37.9 Å². The average Bonchev–Trinajstić information content (AvgIpc) is 2.63. The van der Waals surface area contributed by atoms with Crippen LogP contribution >= 0.6 is 15.9 Å². The summed E-state index contributed by atoms with van der Waals surface area (Å²) in [5.74, 6) is 0.857. The van der Waals surface area contributed by atoms with E-state index in [1.165, 1.54) is 0 Å². The van der Waals surface area contributed by atoms with Crippen molar-refractivity contribution in [3.8, 4) is 0 Å². The second-order valence-electron chi connectivity index (χ2n) is 2.78. The number of imidazole rings is 1. The highest BCUT2D eigenvalue weighted by atomic mass is 79.9. The van der Waals surface area contributed by atoms with Crippen LogP contribution in [0.4, 0.5) is 0 Å². The van der Waals surface area contributed by atoms with Gasteiger partial charge in [-0.1, -0.05) is 29.8 Å². The molecule has 0 fully saturated rings. The van der Waals surface area contributed by atoms with Gasteiger partial charge >= 0.3 is 0 Å². The second kappa shape index (κ2) is 5.88. The lowest BCUT2D eigenvalue weighted by Gasteiger charge is -1.89. The van der Waals surface area contributed by atoms with Gasteiger partial charge in [0.1, 0.15) is 12.4 Å². The fourth-order valence-electron chi connectivity index (χ4n) is 1.24. The summed E-state index contributed by atoms with van der Waals surface area (Å²) in [6, 6.07) is 5.94. The lowest BCUT2D eigenvalue weighted by atomic mass is 10.3. The Morgan fingerprint density at radius 1 is 1.40 bits per heavy atom. The molecule has 0 saturated carbocycles. The van der Waals surface area contributed by atoms with E-state index in [9.17, 15) is 0 Å². The minimum atomic E-state index is 0.520. The standard InChI is InChI=1S/C9H9BrN2O.C2H6/c1-13-5-9-11-7-3-2-6(10)4-8(7)12-9;1-2/h2-4H,5H2,1H3,(H,11,12);1-2H3. The van der Waals surface area contributed by atoms with Crippen LogP contribution in [0.25, 0.3) is 11.0 Å². The molecule has 0 aliphatic carbocycles. The number of fused-ring (bicyclic) bond motifs is 1. The van der Waals surface area contributed by atoms with Crippen molar-refractivity contribution in [2.24, 2.45) is 0 Å². The van der Waals surface area contributed by atoms with Gasteiger partial charge in [-0.25, -0.2) is 4.98 Å². The van der Waals surface area contributed by atoms with Gasteiger partial charge in [-0.15, -0.1) is 0 Å². The monoisotopic (exact) mass is 270 g/mol. The minimum absolute atomic E-state index is 0.520. The molecule has 82 valence electrons. The van der Waals surface area contributed by atoms with E-state index >= 15 is 0 Å². The summed E-state index contributed by atoms with van der Waals surface area (Å²) in [6.45, 7) is 4.52. The summed E-state index contributed by atoms with van der Waals surface area (Å²) < 4.78 is 6.03. The largest absolute Gasteiger partial charge is 0.377 e. The van der Waals surface area contributed by atoms with Gasteiger partial charge in [-0.2, -0.15) is 0 Å². The van der Waals surface area contributed by atoms with Crippen molar-refractivity contribution >= 4 is 27.0 Å². The Bertz CT molecular complexity index is 425. The SMILES string of the molecule is CC.COCc1nc2ccc(Br)cc2[nH]1. The quantitative estimate of drug-likeness (QED) is 0.907. The number of hydrogen-bond donors (Lipinski definition) is 1. The molecule has 0 saturated heterocycles. The van der Waals surface area contributed by atoms with Crippen molar-refractivity contribution in [2.75, 3.05) is 7.11 Å². The van der Waals surface area contributed by atoms with Crippen LogP contribution < -0.4 is 0 Å². The Morgan fingerprint density at radius 2 is 2.13 bits per heavy atom. The number of halogens is 1. The van der Waals surface area contributed by atoms with Gasteiger partial charge in [0.15, 0.2) is 0 Å². The van der Waals surface area contributed by atoms with Crippen LogP contribution in [0.5, 0.6) is 0 Å². The van der Waals surface area contributed by atoms with Crippen molar-refractivity contribution in [3.05, 3.63) is 28.5 Å². The zero-order valence-corrected chi connectivity index (χ0v) is 10.8. The van der Waals surface area contributed by atoms with E-state index in [0.29, 0.717) is 6.61 Å². The molecule has 1 N–H and O–H groups in total. The second-order valence-corrected chi connectivity index (χ2v) is 3.69. The van der Waals surface area contributed by atoms with Crippen molar-refractivity contribution in [1.82, 2.24) is 9.97 Å². The summed E-state index contributed by atoms with van der Waals surface area (Å²) in [7, 11) is 1.66. The number of nitrogens with zero attached hydrogens (tertiary/aromatic N) is 1.